The van der Waals surface area contributed by atoms with E-state index in [0.717, 1.165) is 55.0 Å². The van der Waals surface area contributed by atoms with E-state index in [2.05, 4.69) is 28.7 Å². The first-order valence-corrected chi connectivity index (χ1v) is 10.1. The van der Waals surface area contributed by atoms with Crippen LogP contribution in [0.5, 0.6) is 0 Å². The molecule has 3 rings (SSSR count). The number of carbonyl (C=O) groups excluding carboxylic acids is 2. The van der Waals surface area contributed by atoms with Crippen molar-refractivity contribution in [3.05, 3.63) is 47.0 Å². The fourth-order valence-corrected chi connectivity index (χ4v) is 3.65. The number of ether oxygens (including phenoxy) is 1. The largest absolute Gasteiger partial charge is 0.448 e. The van der Waals surface area contributed by atoms with Crippen LogP contribution in [0.1, 0.15) is 73.5 Å². The Morgan fingerprint density at radius 1 is 1.25 bits per heavy atom. The van der Waals surface area contributed by atoms with E-state index in [4.69, 9.17) is 4.74 Å². The van der Waals surface area contributed by atoms with Crippen LogP contribution in [0.25, 0.3) is 0 Å². The highest BCUT2D eigenvalue weighted by atomic mass is 16.5. The van der Waals surface area contributed by atoms with Crippen LogP contribution in [0.2, 0.25) is 0 Å². The van der Waals surface area contributed by atoms with Gasteiger partial charge >= 0.3 is 5.97 Å². The summed E-state index contributed by atoms with van der Waals surface area (Å²) in [5.41, 5.74) is 3.11. The molecule has 1 aliphatic rings. The molecule has 1 aromatic carbocycles. The van der Waals surface area contributed by atoms with E-state index in [-0.39, 0.29) is 5.91 Å². The number of hydrogen-bond donors (Lipinski definition) is 1. The Morgan fingerprint density at radius 2 is 2.00 bits per heavy atom. The summed E-state index contributed by atoms with van der Waals surface area (Å²) in [6.07, 6.45) is 3.01. The third kappa shape index (κ3) is 4.11. The van der Waals surface area contributed by atoms with Gasteiger partial charge in [-0.2, -0.15) is 0 Å². The molecule has 0 saturated carbocycles. The Kier molecular flexibility index (Phi) is 6.17. The van der Waals surface area contributed by atoms with Crippen molar-refractivity contribution in [3.63, 3.8) is 0 Å². The highest BCUT2D eigenvalue weighted by Crippen LogP contribution is 2.27. The van der Waals surface area contributed by atoms with Crippen molar-refractivity contribution < 1.29 is 14.3 Å². The maximum Gasteiger partial charge on any atom is 0.359 e. The zero-order valence-electron chi connectivity index (χ0n) is 17.1. The molecule has 1 aromatic heterocycles. The number of benzene rings is 1. The highest BCUT2D eigenvalue weighted by Gasteiger charge is 2.27. The van der Waals surface area contributed by atoms with Gasteiger partial charge in [0.2, 0.25) is 0 Å². The Hall–Kier alpha value is -2.63. The monoisotopic (exact) mass is 383 g/mol. The summed E-state index contributed by atoms with van der Waals surface area (Å²) < 4.78 is 7.53. The summed E-state index contributed by atoms with van der Waals surface area (Å²) in [7, 11) is 0. The van der Waals surface area contributed by atoms with Gasteiger partial charge in [-0.3, -0.25) is 4.79 Å². The first-order valence-electron chi connectivity index (χ1n) is 10.1. The Labute approximate surface area is 166 Å². The molecule has 0 radical (unpaired) electrons. The molecular formula is C22H29N3O3. The normalized spacial score (nSPS) is 15.4. The minimum Gasteiger partial charge on any atom is -0.448 e. The predicted octanol–water partition coefficient (Wildman–Crippen LogP) is 4.23. The van der Waals surface area contributed by atoms with Crippen molar-refractivity contribution in [2.75, 3.05) is 5.32 Å². The van der Waals surface area contributed by atoms with Gasteiger partial charge in [-0.05, 0) is 57.1 Å². The number of hydrogen-bond acceptors (Lipinski definition) is 4. The highest BCUT2D eigenvalue weighted by molar-refractivity contribution is 5.97. The smallest absolute Gasteiger partial charge is 0.359 e. The molecule has 2 atom stereocenters. The number of imidazole rings is 1. The van der Waals surface area contributed by atoms with Crippen LogP contribution in [0, 0.1) is 6.92 Å². The number of amides is 1. The number of anilines is 1. The lowest BCUT2D eigenvalue weighted by atomic mass is 9.97. The van der Waals surface area contributed by atoms with Gasteiger partial charge in [-0.1, -0.05) is 32.0 Å². The third-order valence-electron chi connectivity index (χ3n) is 5.52. The number of aromatic nitrogens is 2. The van der Waals surface area contributed by atoms with Crippen LogP contribution >= 0.6 is 0 Å². The molecule has 2 aromatic rings. The number of esters is 1. The summed E-state index contributed by atoms with van der Waals surface area (Å²) in [5, 5.41) is 2.91. The van der Waals surface area contributed by atoms with E-state index >= 15 is 0 Å². The lowest BCUT2D eigenvalue weighted by molar-refractivity contribution is -0.123. The van der Waals surface area contributed by atoms with Crippen molar-refractivity contribution in [1.82, 2.24) is 9.55 Å². The molecule has 6 heteroatoms. The number of aryl methyl sites for hydroxylation is 1. The second kappa shape index (κ2) is 8.59. The topological polar surface area (TPSA) is 73.2 Å². The molecule has 1 aliphatic heterocycles. The average Bonchev–Trinajstić information content (AvgIpc) is 3.05. The van der Waals surface area contributed by atoms with E-state index in [0.29, 0.717) is 11.6 Å². The third-order valence-corrected chi connectivity index (χ3v) is 5.52. The van der Waals surface area contributed by atoms with E-state index in [1.54, 1.807) is 6.92 Å². The molecule has 1 N–H and O–H groups in total. The van der Waals surface area contributed by atoms with Crippen LogP contribution in [-0.4, -0.2) is 27.5 Å². The van der Waals surface area contributed by atoms with E-state index in [1.165, 1.54) is 0 Å². The maximum atomic E-state index is 12.6. The SMILES string of the molecule is CC[C@@H](C)c1ccccc1NC(=O)[C@@H](C)OC(=O)c1nc(C)n2c1CCCC2. The second-order valence-corrected chi connectivity index (χ2v) is 7.50. The molecule has 0 spiro atoms. The van der Waals surface area contributed by atoms with Gasteiger partial charge in [-0.25, -0.2) is 9.78 Å². The maximum absolute atomic E-state index is 12.6. The summed E-state index contributed by atoms with van der Waals surface area (Å²) in [4.78, 5) is 29.7. The molecule has 1 amide bonds. The Balaban J connectivity index is 1.69. The van der Waals surface area contributed by atoms with Crippen LogP contribution in [-0.2, 0) is 22.5 Å². The van der Waals surface area contributed by atoms with Gasteiger partial charge in [0.1, 0.15) is 5.82 Å². The standard InChI is InChI=1S/C22H29N3O3/c1-5-14(2)17-10-6-7-11-18(17)24-21(26)15(3)28-22(27)20-19-12-8-9-13-25(19)16(4)23-20/h6-7,10-11,14-15H,5,8-9,12-13H2,1-4H3,(H,24,26)/t14-,15-/m1/s1. The zero-order valence-corrected chi connectivity index (χ0v) is 17.1. The number of rotatable bonds is 6. The van der Waals surface area contributed by atoms with E-state index < -0.39 is 12.1 Å². The van der Waals surface area contributed by atoms with E-state index in [1.807, 2.05) is 31.2 Å². The average molecular weight is 383 g/mol. The summed E-state index contributed by atoms with van der Waals surface area (Å²) in [6, 6.07) is 7.74. The second-order valence-electron chi connectivity index (χ2n) is 7.50. The predicted molar refractivity (Wildman–Crippen MR) is 109 cm³/mol. The Bertz CT molecular complexity index is 872. The van der Waals surface area contributed by atoms with Crippen LogP contribution in [0.15, 0.2) is 24.3 Å². The number of carbonyl (C=O) groups is 2. The van der Waals surface area contributed by atoms with Gasteiger partial charge < -0.3 is 14.6 Å². The quantitative estimate of drug-likeness (QED) is 0.758. The van der Waals surface area contributed by atoms with Gasteiger partial charge in [0.15, 0.2) is 11.8 Å². The van der Waals surface area contributed by atoms with Crippen LogP contribution < -0.4 is 5.32 Å². The first-order chi connectivity index (χ1) is 13.4. The lowest BCUT2D eigenvalue weighted by Crippen LogP contribution is -2.31. The summed E-state index contributed by atoms with van der Waals surface area (Å²) in [5.74, 6) is 0.279. The fourth-order valence-electron chi connectivity index (χ4n) is 3.65. The van der Waals surface area contributed by atoms with E-state index in [9.17, 15) is 9.59 Å². The molecule has 0 fully saturated rings. The van der Waals surface area contributed by atoms with Crippen molar-refractivity contribution in [3.8, 4) is 0 Å². The molecule has 6 nitrogen and oxygen atoms in total. The number of nitrogens with zero attached hydrogens (tertiary/aromatic N) is 2. The van der Waals surface area contributed by atoms with Crippen LogP contribution in [0.3, 0.4) is 0 Å². The van der Waals surface area contributed by atoms with Crippen molar-refractivity contribution in [1.29, 1.82) is 0 Å². The number of nitrogens with one attached hydrogen (secondary N) is 1. The molecule has 2 heterocycles. The molecular weight excluding hydrogens is 354 g/mol. The molecule has 150 valence electrons. The van der Waals surface area contributed by atoms with Crippen molar-refractivity contribution >= 4 is 17.6 Å². The van der Waals surface area contributed by atoms with Crippen LogP contribution in [0.4, 0.5) is 5.69 Å². The van der Waals surface area contributed by atoms with Gasteiger partial charge in [-0.15, -0.1) is 0 Å². The minimum atomic E-state index is -0.904. The summed E-state index contributed by atoms with van der Waals surface area (Å²) in [6.45, 7) is 8.60. The van der Waals surface area contributed by atoms with Gasteiger partial charge in [0.05, 0.1) is 5.69 Å². The van der Waals surface area contributed by atoms with Gasteiger partial charge in [0.25, 0.3) is 5.91 Å². The first kappa shape index (κ1) is 20.1. The molecule has 0 bridgehead atoms. The lowest BCUT2D eigenvalue weighted by Gasteiger charge is -2.18. The number of para-hydroxylation sites is 1. The molecule has 0 aliphatic carbocycles. The number of fused-ring (bicyclic) bond motifs is 1. The molecule has 0 unspecified atom stereocenters. The summed E-state index contributed by atoms with van der Waals surface area (Å²) >= 11 is 0. The minimum absolute atomic E-state index is 0.328. The van der Waals surface area contributed by atoms with Crippen molar-refractivity contribution in [2.24, 2.45) is 0 Å². The molecule has 28 heavy (non-hydrogen) atoms. The molecule has 0 saturated heterocycles. The van der Waals surface area contributed by atoms with Gasteiger partial charge in [0, 0.05) is 12.2 Å². The van der Waals surface area contributed by atoms with Crippen molar-refractivity contribution in [2.45, 2.75) is 71.9 Å². The zero-order chi connectivity index (χ0) is 20.3. The Morgan fingerprint density at radius 3 is 2.75 bits per heavy atom. The fraction of sp³-hybridized carbons (Fsp3) is 0.500.